The van der Waals surface area contributed by atoms with Gasteiger partial charge < -0.3 is 15.3 Å². The Hall–Kier alpha value is -0.910. The molecule has 6 heteroatoms. The SMILES string of the molecule is CCCC(CC(=O)O)NC(=O)N1CCSC(C)(C)C1. The van der Waals surface area contributed by atoms with Crippen molar-refractivity contribution in [2.24, 2.45) is 0 Å². The molecule has 1 aliphatic heterocycles. The Labute approximate surface area is 119 Å². The van der Waals surface area contributed by atoms with E-state index in [4.69, 9.17) is 5.11 Å². The first-order chi connectivity index (χ1) is 8.84. The van der Waals surface area contributed by atoms with Crippen LogP contribution in [0.2, 0.25) is 0 Å². The Morgan fingerprint density at radius 2 is 2.16 bits per heavy atom. The number of hydrogen-bond donors (Lipinski definition) is 2. The monoisotopic (exact) mass is 288 g/mol. The van der Waals surface area contributed by atoms with Crippen LogP contribution in [0.15, 0.2) is 0 Å². The predicted molar refractivity (Wildman–Crippen MR) is 77.6 cm³/mol. The maximum absolute atomic E-state index is 12.2. The van der Waals surface area contributed by atoms with Crippen LogP contribution >= 0.6 is 11.8 Å². The molecule has 5 nitrogen and oxygen atoms in total. The second kappa shape index (κ2) is 7.03. The van der Waals surface area contributed by atoms with Crippen molar-refractivity contribution < 1.29 is 14.7 Å². The molecule has 1 aliphatic rings. The van der Waals surface area contributed by atoms with E-state index in [0.717, 1.165) is 18.7 Å². The number of rotatable bonds is 5. The smallest absolute Gasteiger partial charge is 0.317 e. The van der Waals surface area contributed by atoms with E-state index in [0.29, 0.717) is 13.0 Å². The average Bonchev–Trinajstić information content (AvgIpc) is 2.26. The topological polar surface area (TPSA) is 69.6 Å². The van der Waals surface area contributed by atoms with E-state index in [-0.39, 0.29) is 23.2 Å². The van der Waals surface area contributed by atoms with Crippen molar-refractivity contribution in [3.05, 3.63) is 0 Å². The molecular weight excluding hydrogens is 264 g/mol. The summed E-state index contributed by atoms with van der Waals surface area (Å²) < 4.78 is 0.0721. The van der Waals surface area contributed by atoms with Gasteiger partial charge in [-0.05, 0) is 20.3 Å². The van der Waals surface area contributed by atoms with Crippen molar-refractivity contribution in [3.8, 4) is 0 Å². The van der Waals surface area contributed by atoms with Crippen LogP contribution < -0.4 is 5.32 Å². The van der Waals surface area contributed by atoms with Gasteiger partial charge >= 0.3 is 12.0 Å². The Kier molecular flexibility index (Phi) is 5.97. The average molecular weight is 288 g/mol. The predicted octanol–water partition coefficient (Wildman–Crippen LogP) is 2.17. The lowest BCUT2D eigenvalue weighted by Crippen LogP contribution is -2.52. The van der Waals surface area contributed by atoms with Gasteiger partial charge in [-0.15, -0.1) is 0 Å². The normalized spacial score (nSPS) is 19.8. The van der Waals surface area contributed by atoms with Crippen molar-refractivity contribution in [1.82, 2.24) is 10.2 Å². The summed E-state index contributed by atoms with van der Waals surface area (Å²) in [5, 5.41) is 11.7. The molecular formula is C13H24N2O3S. The largest absolute Gasteiger partial charge is 0.481 e. The number of amides is 2. The summed E-state index contributed by atoms with van der Waals surface area (Å²) in [5.41, 5.74) is 0. The minimum Gasteiger partial charge on any atom is -0.481 e. The number of thioether (sulfide) groups is 1. The van der Waals surface area contributed by atoms with E-state index in [1.807, 2.05) is 18.7 Å². The van der Waals surface area contributed by atoms with E-state index < -0.39 is 5.97 Å². The van der Waals surface area contributed by atoms with Crippen molar-refractivity contribution in [3.63, 3.8) is 0 Å². The van der Waals surface area contributed by atoms with Crippen LogP contribution in [0.1, 0.15) is 40.0 Å². The van der Waals surface area contributed by atoms with E-state index >= 15 is 0 Å². The number of hydrogen-bond acceptors (Lipinski definition) is 3. The van der Waals surface area contributed by atoms with Crippen LogP contribution in [0, 0.1) is 0 Å². The third-order valence-electron chi connectivity index (χ3n) is 3.10. The highest BCUT2D eigenvalue weighted by atomic mass is 32.2. The fraction of sp³-hybridized carbons (Fsp3) is 0.846. The lowest BCUT2D eigenvalue weighted by atomic mass is 10.1. The van der Waals surface area contributed by atoms with Gasteiger partial charge in [-0.3, -0.25) is 4.79 Å². The van der Waals surface area contributed by atoms with Gasteiger partial charge in [0.2, 0.25) is 0 Å². The Morgan fingerprint density at radius 3 is 2.68 bits per heavy atom. The Morgan fingerprint density at radius 1 is 1.47 bits per heavy atom. The van der Waals surface area contributed by atoms with Crippen LogP contribution in [0.4, 0.5) is 4.79 Å². The zero-order valence-corrected chi connectivity index (χ0v) is 12.8. The third kappa shape index (κ3) is 5.72. The molecule has 0 bridgehead atoms. The van der Waals surface area contributed by atoms with Gasteiger partial charge in [0.05, 0.1) is 6.42 Å². The van der Waals surface area contributed by atoms with Crippen LogP contribution in [-0.2, 0) is 4.79 Å². The first-order valence-electron chi connectivity index (χ1n) is 6.75. The van der Waals surface area contributed by atoms with Gasteiger partial charge in [0, 0.05) is 29.6 Å². The summed E-state index contributed by atoms with van der Waals surface area (Å²) in [6.45, 7) is 7.67. The van der Waals surface area contributed by atoms with Gasteiger partial charge in [-0.1, -0.05) is 13.3 Å². The maximum Gasteiger partial charge on any atom is 0.317 e. The molecule has 1 saturated heterocycles. The van der Waals surface area contributed by atoms with Gasteiger partial charge in [-0.2, -0.15) is 11.8 Å². The minimum atomic E-state index is -0.867. The quantitative estimate of drug-likeness (QED) is 0.813. The van der Waals surface area contributed by atoms with Gasteiger partial charge in [0.25, 0.3) is 0 Å². The molecule has 0 aromatic carbocycles. The van der Waals surface area contributed by atoms with E-state index in [2.05, 4.69) is 19.2 Å². The molecule has 1 rings (SSSR count). The van der Waals surface area contributed by atoms with Crippen molar-refractivity contribution in [1.29, 1.82) is 0 Å². The molecule has 19 heavy (non-hydrogen) atoms. The van der Waals surface area contributed by atoms with E-state index in [1.54, 1.807) is 4.90 Å². The first kappa shape index (κ1) is 16.1. The standard InChI is InChI=1S/C13H24N2O3S/c1-4-5-10(8-11(16)17)14-12(18)15-6-7-19-13(2,3)9-15/h10H,4-9H2,1-3H3,(H,14,18)(H,16,17). The van der Waals surface area contributed by atoms with Crippen molar-refractivity contribution in [2.75, 3.05) is 18.8 Å². The molecule has 0 radical (unpaired) electrons. The fourth-order valence-electron chi connectivity index (χ4n) is 2.24. The molecule has 110 valence electrons. The highest BCUT2D eigenvalue weighted by molar-refractivity contribution is 8.00. The first-order valence-corrected chi connectivity index (χ1v) is 7.74. The summed E-state index contributed by atoms with van der Waals surface area (Å²) in [7, 11) is 0. The van der Waals surface area contributed by atoms with Gasteiger partial charge in [0.1, 0.15) is 0 Å². The Bertz CT molecular complexity index is 334. The molecule has 2 amide bonds. The number of aliphatic carboxylic acids is 1. The number of nitrogens with zero attached hydrogens (tertiary/aromatic N) is 1. The lowest BCUT2D eigenvalue weighted by Gasteiger charge is -2.38. The Balaban J connectivity index is 2.53. The zero-order chi connectivity index (χ0) is 14.5. The third-order valence-corrected chi connectivity index (χ3v) is 4.40. The number of nitrogens with one attached hydrogen (secondary N) is 1. The number of carboxylic acids is 1. The second-order valence-corrected chi connectivity index (χ2v) is 7.36. The highest BCUT2D eigenvalue weighted by Gasteiger charge is 2.30. The van der Waals surface area contributed by atoms with Gasteiger partial charge in [0.15, 0.2) is 0 Å². The summed E-state index contributed by atoms with van der Waals surface area (Å²) in [4.78, 5) is 24.7. The maximum atomic E-state index is 12.2. The van der Waals surface area contributed by atoms with Gasteiger partial charge in [-0.25, -0.2) is 4.79 Å². The molecule has 0 aliphatic carbocycles. The molecule has 0 spiro atoms. The summed E-state index contributed by atoms with van der Waals surface area (Å²) >= 11 is 1.87. The summed E-state index contributed by atoms with van der Waals surface area (Å²) in [6.07, 6.45) is 1.55. The molecule has 1 fully saturated rings. The minimum absolute atomic E-state index is 0.00837. The van der Waals surface area contributed by atoms with E-state index in [9.17, 15) is 9.59 Å². The lowest BCUT2D eigenvalue weighted by molar-refractivity contribution is -0.137. The van der Waals surface area contributed by atoms with Crippen molar-refractivity contribution in [2.45, 2.75) is 50.8 Å². The molecule has 2 N–H and O–H groups in total. The number of carbonyl (C=O) groups is 2. The molecule has 0 aromatic heterocycles. The number of carboxylic acid groups (broad SMARTS) is 1. The van der Waals surface area contributed by atoms with Crippen LogP contribution in [-0.4, -0.2) is 51.6 Å². The fourth-order valence-corrected chi connectivity index (χ4v) is 3.35. The zero-order valence-electron chi connectivity index (χ0n) is 11.9. The number of urea groups is 1. The van der Waals surface area contributed by atoms with Crippen LogP contribution in [0.3, 0.4) is 0 Å². The molecule has 1 unspecified atom stereocenters. The van der Waals surface area contributed by atoms with E-state index in [1.165, 1.54) is 0 Å². The molecule has 0 saturated carbocycles. The van der Waals surface area contributed by atoms with Crippen molar-refractivity contribution >= 4 is 23.8 Å². The number of carbonyl (C=O) groups excluding carboxylic acids is 1. The molecule has 1 atom stereocenters. The second-order valence-electron chi connectivity index (χ2n) is 5.56. The van der Waals surface area contributed by atoms with Crippen LogP contribution in [0.25, 0.3) is 0 Å². The molecule has 1 heterocycles. The highest BCUT2D eigenvalue weighted by Crippen LogP contribution is 2.29. The molecule has 0 aromatic rings. The van der Waals surface area contributed by atoms with Crippen LogP contribution in [0.5, 0.6) is 0 Å². The summed E-state index contributed by atoms with van der Waals surface area (Å²) in [5.74, 6) is 0.0610. The summed E-state index contributed by atoms with van der Waals surface area (Å²) in [6, 6.07) is -0.402.